The number of aliphatic hydroxyl groups excluding tert-OH is 1. The molecule has 1 unspecified atom stereocenters. The zero-order chi connectivity index (χ0) is 14.7. The quantitative estimate of drug-likeness (QED) is 0.724. The second-order valence-corrected chi connectivity index (χ2v) is 5.55. The molecule has 1 atom stereocenters. The van der Waals surface area contributed by atoms with Gasteiger partial charge in [0.1, 0.15) is 0 Å². The molecule has 0 bridgehead atoms. The number of benzene rings is 3. The summed E-state index contributed by atoms with van der Waals surface area (Å²) >= 11 is 0. The molecule has 1 heteroatoms. The van der Waals surface area contributed by atoms with Gasteiger partial charge in [0.2, 0.25) is 0 Å². The molecule has 1 nitrogen and oxygen atoms in total. The van der Waals surface area contributed by atoms with E-state index in [-0.39, 0.29) is 0 Å². The summed E-state index contributed by atoms with van der Waals surface area (Å²) in [4.78, 5) is 0. The van der Waals surface area contributed by atoms with E-state index in [1.807, 2.05) is 24.3 Å². The lowest BCUT2D eigenvalue weighted by Gasteiger charge is -2.14. The van der Waals surface area contributed by atoms with Crippen molar-refractivity contribution < 1.29 is 5.11 Å². The molecule has 0 saturated carbocycles. The van der Waals surface area contributed by atoms with E-state index in [1.165, 1.54) is 16.5 Å². The molecule has 3 rings (SSSR count). The van der Waals surface area contributed by atoms with Crippen LogP contribution >= 0.6 is 0 Å². The van der Waals surface area contributed by atoms with E-state index >= 15 is 0 Å². The van der Waals surface area contributed by atoms with Gasteiger partial charge in [0.05, 0.1) is 6.10 Å². The minimum atomic E-state index is -0.421. The molecule has 0 aliphatic carbocycles. The molecule has 106 valence electrons. The number of rotatable bonds is 4. The average Bonchev–Trinajstić information content (AvgIpc) is 2.53. The summed E-state index contributed by atoms with van der Waals surface area (Å²) in [5.41, 5.74) is 3.64. The van der Waals surface area contributed by atoms with Crippen molar-refractivity contribution in [3.05, 3.63) is 83.4 Å². The van der Waals surface area contributed by atoms with Crippen molar-refractivity contribution in [3.8, 4) is 0 Å². The minimum Gasteiger partial charge on any atom is -0.388 e. The third kappa shape index (κ3) is 2.98. The maximum atomic E-state index is 10.6. The summed E-state index contributed by atoms with van der Waals surface area (Å²) in [6.07, 6.45) is 1.23. The Hall–Kier alpha value is -2.12. The first-order valence-electron chi connectivity index (χ1n) is 7.46. The topological polar surface area (TPSA) is 20.2 Å². The average molecular weight is 276 g/mol. The Morgan fingerprint density at radius 3 is 2.43 bits per heavy atom. The van der Waals surface area contributed by atoms with Crippen LogP contribution in [0.3, 0.4) is 0 Å². The van der Waals surface area contributed by atoms with Crippen molar-refractivity contribution in [2.24, 2.45) is 0 Å². The molecule has 1 N–H and O–H groups in total. The van der Waals surface area contributed by atoms with Gasteiger partial charge >= 0.3 is 0 Å². The van der Waals surface area contributed by atoms with E-state index in [0.717, 1.165) is 23.8 Å². The van der Waals surface area contributed by atoms with Crippen molar-refractivity contribution in [3.63, 3.8) is 0 Å². The molecule has 0 aromatic heterocycles. The van der Waals surface area contributed by atoms with Crippen LogP contribution in [0.15, 0.2) is 66.7 Å². The summed E-state index contributed by atoms with van der Waals surface area (Å²) in [5, 5.41) is 12.9. The molecule has 0 heterocycles. The summed E-state index contributed by atoms with van der Waals surface area (Å²) in [5.74, 6) is 0. The smallest absolute Gasteiger partial charge is 0.0799 e. The summed E-state index contributed by atoms with van der Waals surface area (Å²) in [6.45, 7) is 2.12. The first kappa shape index (κ1) is 13.8. The first-order valence-corrected chi connectivity index (χ1v) is 7.46. The third-order valence-electron chi connectivity index (χ3n) is 4.13. The molecule has 0 spiro atoms. The van der Waals surface area contributed by atoms with E-state index in [0.29, 0.717) is 0 Å². The highest BCUT2D eigenvalue weighted by Gasteiger charge is 2.11. The highest BCUT2D eigenvalue weighted by atomic mass is 16.3. The largest absolute Gasteiger partial charge is 0.388 e. The van der Waals surface area contributed by atoms with E-state index in [1.54, 1.807) is 0 Å². The maximum Gasteiger partial charge on any atom is 0.0799 e. The zero-order valence-corrected chi connectivity index (χ0v) is 12.3. The Bertz CT molecular complexity index is 740. The van der Waals surface area contributed by atoms with Crippen molar-refractivity contribution in [1.29, 1.82) is 0 Å². The van der Waals surface area contributed by atoms with Crippen LogP contribution in [0.2, 0.25) is 0 Å². The fraction of sp³-hybridized carbons (Fsp3) is 0.200. The van der Waals surface area contributed by atoms with Gasteiger partial charge in [-0.05, 0) is 47.2 Å². The molecule has 0 fully saturated rings. The lowest BCUT2D eigenvalue weighted by molar-refractivity contribution is 0.169. The zero-order valence-electron chi connectivity index (χ0n) is 12.3. The van der Waals surface area contributed by atoms with Crippen LogP contribution in [0.25, 0.3) is 10.8 Å². The van der Waals surface area contributed by atoms with E-state index < -0.39 is 6.10 Å². The Morgan fingerprint density at radius 2 is 1.57 bits per heavy atom. The fourth-order valence-corrected chi connectivity index (χ4v) is 2.88. The molecule has 3 aromatic rings. The fourth-order valence-electron chi connectivity index (χ4n) is 2.88. The van der Waals surface area contributed by atoms with Crippen LogP contribution in [0.5, 0.6) is 0 Å². The third-order valence-corrected chi connectivity index (χ3v) is 4.13. The minimum absolute atomic E-state index is 0.421. The van der Waals surface area contributed by atoms with Gasteiger partial charge < -0.3 is 5.11 Å². The molecule has 0 radical (unpaired) electrons. The monoisotopic (exact) mass is 276 g/mol. The Morgan fingerprint density at radius 1 is 0.857 bits per heavy atom. The van der Waals surface area contributed by atoms with E-state index in [4.69, 9.17) is 0 Å². The predicted octanol–water partition coefficient (Wildman–Crippen LogP) is 4.81. The molecular weight excluding hydrogens is 256 g/mol. The lowest BCUT2D eigenvalue weighted by atomic mass is 9.95. The molecule has 3 aromatic carbocycles. The van der Waals surface area contributed by atoms with Gasteiger partial charge in [-0.1, -0.05) is 66.7 Å². The number of aryl methyl sites for hydroxylation is 2. The van der Waals surface area contributed by atoms with Crippen molar-refractivity contribution in [2.45, 2.75) is 25.9 Å². The highest BCUT2D eigenvalue weighted by molar-refractivity contribution is 5.85. The van der Waals surface area contributed by atoms with Gasteiger partial charge in [-0.2, -0.15) is 0 Å². The van der Waals surface area contributed by atoms with Crippen molar-refractivity contribution in [1.82, 2.24) is 0 Å². The molecule has 0 aliphatic rings. The van der Waals surface area contributed by atoms with Gasteiger partial charge in [0, 0.05) is 0 Å². The van der Waals surface area contributed by atoms with Crippen LogP contribution in [-0.4, -0.2) is 5.11 Å². The summed E-state index contributed by atoms with van der Waals surface area (Å²) in [6, 6.07) is 22.8. The van der Waals surface area contributed by atoms with Crippen LogP contribution in [0.4, 0.5) is 0 Å². The lowest BCUT2D eigenvalue weighted by Crippen LogP contribution is -2.01. The van der Waals surface area contributed by atoms with Crippen LogP contribution in [0.1, 0.15) is 29.2 Å². The second kappa shape index (κ2) is 6.11. The van der Waals surface area contributed by atoms with Gasteiger partial charge in [-0.15, -0.1) is 0 Å². The Kier molecular flexibility index (Phi) is 4.03. The van der Waals surface area contributed by atoms with Crippen LogP contribution < -0.4 is 0 Å². The molecule has 0 aliphatic heterocycles. The van der Waals surface area contributed by atoms with Crippen LogP contribution in [-0.2, 0) is 6.42 Å². The summed E-state index contributed by atoms with van der Waals surface area (Å²) < 4.78 is 0. The van der Waals surface area contributed by atoms with Crippen molar-refractivity contribution >= 4 is 10.8 Å². The van der Waals surface area contributed by atoms with E-state index in [2.05, 4.69) is 49.4 Å². The first-order chi connectivity index (χ1) is 10.3. The van der Waals surface area contributed by atoms with Gasteiger partial charge in [0.25, 0.3) is 0 Å². The molecule has 21 heavy (non-hydrogen) atoms. The number of hydrogen-bond acceptors (Lipinski definition) is 1. The van der Waals surface area contributed by atoms with E-state index in [9.17, 15) is 5.11 Å². The van der Waals surface area contributed by atoms with Gasteiger partial charge in [0.15, 0.2) is 0 Å². The normalized spacial score (nSPS) is 12.5. The number of aliphatic hydroxyl groups is 1. The number of fused-ring (bicyclic) bond motifs is 1. The second-order valence-electron chi connectivity index (χ2n) is 5.55. The maximum absolute atomic E-state index is 10.6. The molecular formula is C20H20O. The predicted molar refractivity (Wildman–Crippen MR) is 88.4 cm³/mol. The SMILES string of the molecule is Cc1ccccc1CCC(O)c1cccc2ccccc12. The standard InChI is InChI=1S/C20H20O/c1-15-7-2-3-8-16(15)13-14-20(21)19-12-6-10-17-9-4-5-11-18(17)19/h2-12,20-21H,13-14H2,1H3. The Labute approximate surface area is 125 Å². The van der Waals surface area contributed by atoms with Crippen LogP contribution in [0, 0.1) is 6.92 Å². The van der Waals surface area contributed by atoms with Crippen molar-refractivity contribution in [2.75, 3.05) is 0 Å². The Balaban J connectivity index is 1.81. The molecule has 0 amide bonds. The number of hydrogen-bond donors (Lipinski definition) is 1. The summed E-state index contributed by atoms with van der Waals surface area (Å²) in [7, 11) is 0. The van der Waals surface area contributed by atoms with Gasteiger partial charge in [-0.25, -0.2) is 0 Å². The molecule has 0 saturated heterocycles. The van der Waals surface area contributed by atoms with Gasteiger partial charge in [-0.3, -0.25) is 0 Å². The highest BCUT2D eigenvalue weighted by Crippen LogP contribution is 2.27.